The van der Waals surface area contributed by atoms with Crippen molar-refractivity contribution in [2.24, 2.45) is 0 Å². The Hall–Kier alpha value is -1.83. The van der Waals surface area contributed by atoms with Gasteiger partial charge >= 0.3 is 0 Å². The molecular formula is C16H20FN3O2S. The third kappa shape index (κ3) is 4.57. The molecule has 5 nitrogen and oxygen atoms in total. The van der Waals surface area contributed by atoms with Gasteiger partial charge in [0.1, 0.15) is 5.82 Å². The summed E-state index contributed by atoms with van der Waals surface area (Å²) in [4.78, 5) is 4.32. The van der Waals surface area contributed by atoms with Crippen molar-refractivity contribution >= 4 is 10.0 Å². The van der Waals surface area contributed by atoms with Crippen LogP contribution in [0.15, 0.2) is 47.5 Å². The minimum Gasteiger partial charge on any atom is -0.305 e. The van der Waals surface area contributed by atoms with E-state index in [0.29, 0.717) is 6.54 Å². The maximum absolute atomic E-state index is 12.9. The molecule has 0 amide bonds. The Morgan fingerprint density at radius 2 is 2.04 bits per heavy atom. The fourth-order valence-corrected chi connectivity index (χ4v) is 3.03. The van der Waals surface area contributed by atoms with Crippen molar-refractivity contribution in [3.63, 3.8) is 0 Å². The number of sulfonamides is 1. The van der Waals surface area contributed by atoms with E-state index in [1.807, 2.05) is 13.0 Å². The first-order valence-electron chi connectivity index (χ1n) is 7.33. The maximum Gasteiger partial charge on any atom is 0.240 e. The number of pyridine rings is 1. The molecule has 1 aromatic carbocycles. The lowest BCUT2D eigenvalue weighted by Gasteiger charge is -2.16. The van der Waals surface area contributed by atoms with E-state index < -0.39 is 10.0 Å². The second-order valence-corrected chi connectivity index (χ2v) is 6.98. The topological polar surface area (TPSA) is 71.1 Å². The van der Waals surface area contributed by atoms with Crippen molar-refractivity contribution < 1.29 is 12.8 Å². The minimum atomic E-state index is -3.45. The number of hydrogen-bond acceptors (Lipinski definition) is 4. The number of halogens is 1. The molecule has 1 heterocycles. The molecule has 124 valence electrons. The van der Waals surface area contributed by atoms with Crippen molar-refractivity contribution in [1.29, 1.82) is 0 Å². The maximum atomic E-state index is 12.9. The van der Waals surface area contributed by atoms with Crippen LogP contribution in [0.4, 0.5) is 4.39 Å². The average molecular weight is 337 g/mol. The normalized spacial score (nSPS) is 13.0. The van der Waals surface area contributed by atoms with Gasteiger partial charge in [0.05, 0.1) is 16.8 Å². The number of nitrogens with one attached hydrogen (secondary N) is 2. The van der Waals surface area contributed by atoms with E-state index in [0.717, 1.165) is 17.7 Å². The van der Waals surface area contributed by atoms with Gasteiger partial charge in [-0.3, -0.25) is 4.98 Å². The predicted octanol–water partition coefficient (Wildman–Crippen LogP) is 2.37. The standard InChI is InChI=1S/C16H20FN3O2S/c1-3-15(16-8-7-13(17)11-20-16)19-10-12-5-4-6-14(9-12)23(21,22)18-2/h4-9,11,15,18-19H,3,10H2,1-2H3/t15-/m0/s1. The molecule has 0 saturated heterocycles. The lowest BCUT2D eigenvalue weighted by atomic mass is 10.1. The van der Waals surface area contributed by atoms with Crippen LogP contribution in [-0.2, 0) is 16.6 Å². The molecule has 2 rings (SSSR count). The van der Waals surface area contributed by atoms with Gasteiger partial charge in [0.25, 0.3) is 0 Å². The number of benzene rings is 1. The van der Waals surface area contributed by atoms with E-state index in [-0.39, 0.29) is 16.8 Å². The van der Waals surface area contributed by atoms with E-state index in [2.05, 4.69) is 15.0 Å². The number of rotatable bonds is 7. The Balaban J connectivity index is 2.10. The highest BCUT2D eigenvalue weighted by atomic mass is 32.2. The zero-order valence-corrected chi connectivity index (χ0v) is 13.9. The van der Waals surface area contributed by atoms with Crippen molar-refractivity contribution in [3.8, 4) is 0 Å². The summed E-state index contributed by atoms with van der Waals surface area (Å²) in [5, 5.41) is 3.32. The highest BCUT2D eigenvalue weighted by Crippen LogP contribution is 2.16. The molecule has 0 radical (unpaired) electrons. The molecule has 2 aromatic rings. The zero-order chi connectivity index (χ0) is 16.9. The van der Waals surface area contributed by atoms with E-state index >= 15 is 0 Å². The highest BCUT2D eigenvalue weighted by Gasteiger charge is 2.13. The molecule has 7 heteroatoms. The largest absolute Gasteiger partial charge is 0.305 e. The first kappa shape index (κ1) is 17.5. The number of hydrogen-bond donors (Lipinski definition) is 2. The minimum absolute atomic E-state index is 0.0276. The van der Waals surface area contributed by atoms with Gasteiger partial charge < -0.3 is 5.32 Å². The van der Waals surface area contributed by atoms with Crippen LogP contribution in [0.1, 0.15) is 30.6 Å². The van der Waals surface area contributed by atoms with Gasteiger partial charge in [-0.1, -0.05) is 19.1 Å². The SMILES string of the molecule is CC[C@H](NCc1cccc(S(=O)(=O)NC)c1)c1ccc(F)cn1. The van der Waals surface area contributed by atoms with Crippen LogP contribution in [0.5, 0.6) is 0 Å². The van der Waals surface area contributed by atoms with Crippen LogP contribution in [0.3, 0.4) is 0 Å². The Labute approximate surface area is 136 Å². The first-order valence-corrected chi connectivity index (χ1v) is 8.82. The smallest absolute Gasteiger partial charge is 0.240 e. The third-order valence-electron chi connectivity index (χ3n) is 3.55. The van der Waals surface area contributed by atoms with Gasteiger partial charge in [-0.05, 0) is 43.3 Å². The van der Waals surface area contributed by atoms with Crippen LogP contribution in [0, 0.1) is 5.82 Å². The summed E-state index contributed by atoms with van der Waals surface area (Å²) in [5.74, 6) is -0.367. The molecule has 0 bridgehead atoms. The van der Waals surface area contributed by atoms with Crippen LogP contribution in [0.25, 0.3) is 0 Å². The molecule has 0 spiro atoms. The van der Waals surface area contributed by atoms with Crippen molar-refractivity contribution in [3.05, 3.63) is 59.7 Å². The highest BCUT2D eigenvalue weighted by molar-refractivity contribution is 7.89. The van der Waals surface area contributed by atoms with E-state index in [4.69, 9.17) is 0 Å². The molecule has 0 aliphatic heterocycles. The fourth-order valence-electron chi connectivity index (χ4n) is 2.23. The van der Waals surface area contributed by atoms with Gasteiger partial charge in [-0.2, -0.15) is 0 Å². The van der Waals surface area contributed by atoms with Gasteiger partial charge in [0.15, 0.2) is 0 Å². The van der Waals surface area contributed by atoms with Crippen LogP contribution >= 0.6 is 0 Å². The first-order chi connectivity index (χ1) is 11.0. The Morgan fingerprint density at radius 3 is 2.65 bits per heavy atom. The van der Waals surface area contributed by atoms with Crippen molar-refractivity contribution in [1.82, 2.24) is 15.0 Å². The average Bonchev–Trinajstić information content (AvgIpc) is 2.57. The molecule has 0 fully saturated rings. The summed E-state index contributed by atoms with van der Waals surface area (Å²) in [7, 11) is -2.07. The van der Waals surface area contributed by atoms with E-state index in [9.17, 15) is 12.8 Å². The summed E-state index contributed by atoms with van der Waals surface area (Å²) in [6.07, 6.45) is 1.98. The van der Waals surface area contributed by atoms with Crippen molar-refractivity contribution in [2.45, 2.75) is 30.8 Å². The summed E-state index contributed by atoms with van der Waals surface area (Å²) in [6, 6.07) is 9.74. The van der Waals surface area contributed by atoms with Gasteiger partial charge in [-0.25, -0.2) is 17.5 Å². The summed E-state index contributed by atoms with van der Waals surface area (Å²) < 4.78 is 38.9. The predicted molar refractivity (Wildman–Crippen MR) is 86.8 cm³/mol. The number of nitrogens with zero attached hydrogens (tertiary/aromatic N) is 1. The van der Waals surface area contributed by atoms with Gasteiger partial charge in [-0.15, -0.1) is 0 Å². The van der Waals surface area contributed by atoms with E-state index in [1.165, 1.54) is 19.3 Å². The van der Waals surface area contributed by atoms with Crippen molar-refractivity contribution in [2.75, 3.05) is 7.05 Å². The molecule has 0 unspecified atom stereocenters. The number of aromatic nitrogens is 1. The van der Waals surface area contributed by atoms with Crippen LogP contribution in [0.2, 0.25) is 0 Å². The lowest BCUT2D eigenvalue weighted by Crippen LogP contribution is -2.22. The quantitative estimate of drug-likeness (QED) is 0.814. The molecule has 0 aliphatic rings. The molecule has 2 N–H and O–H groups in total. The molecular weight excluding hydrogens is 317 g/mol. The molecule has 1 aromatic heterocycles. The summed E-state index contributed by atoms with van der Waals surface area (Å²) in [5.41, 5.74) is 1.61. The molecule has 0 saturated carbocycles. The lowest BCUT2D eigenvalue weighted by molar-refractivity contribution is 0.503. The molecule has 0 aliphatic carbocycles. The van der Waals surface area contributed by atoms with Crippen LogP contribution < -0.4 is 10.0 Å². The Bertz CT molecular complexity index is 748. The summed E-state index contributed by atoms with van der Waals surface area (Å²) in [6.45, 7) is 2.50. The van der Waals surface area contributed by atoms with Gasteiger partial charge in [0, 0.05) is 12.6 Å². The monoisotopic (exact) mass is 337 g/mol. The third-order valence-corrected chi connectivity index (χ3v) is 4.96. The van der Waals surface area contributed by atoms with E-state index in [1.54, 1.807) is 24.3 Å². The molecule has 1 atom stereocenters. The van der Waals surface area contributed by atoms with Gasteiger partial charge in [0.2, 0.25) is 10.0 Å². The van der Waals surface area contributed by atoms with Crippen LogP contribution in [-0.4, -0.2) is 20.4 Å². The Kier molecular flexibility index (Phi) is 5.81. The fraction of sp³-hybridized carbons (Fsp3) is 0.312. The Morgan fingerprint density at radius 1 is 1.26 bits per heavy atom. The molecule has 23 heavy (non-hydrogen) atoms. The zero-order valence-electron chi connectivity index (χ0n) is 13.1. The second kappa shape index (κ2) is 7.63. The second-order valence-electron chi connectivity index (χ2n) is 5.10. The summed E-state index contributed by atoms with van der Waals surface area (Å²) >= 11 is 0.